The predicted octanol–water partition coefficient (Wildman–Crippen LogP) is 3.01. The van der Waals surface area contributed by atoms with Gasteiger partial charge in [0.05, 0.1) is 0 Å². The lowest BCUT2D eigenvalue weighted by Crippen LogP contribution is -2.33. The Kier molecular flexibility index (Phi) is 5.66. The molecule has 0 spiro atoms. The summed E-state index contributed by atoms with van der Waals surface area (Å²) in [4.78, 5) is 2.52. The quantitative estimate of drug-likeness (QED) is 0.820. The number of benzene rings is 1. The van der Waals surface area contributed by atoms with Gasteiger partial charge in [0.25, 0.3) is 0 Å². The molecule has 0 bridgehead atoms. The summed E-state index contributed by atoms with van der Waals surface area (Å²) in [7, 11) is 0. The number of hydrogen-bond acceptors (Lipinski definition) is 2. The van der Waals surface area contributed by atoms with Crippen molar-refractivity contribution in [1.82, 2.24) is 4.90 Å². The van der Waals surface area contributed by atoms with Gasteiger partial charge in [-0.15, -0.1) is 0 Å². The van der Waals surface area contributed by atoms with Crippen LogP contribution in [0.15, 0.2) is 24.3 Å². The minimum atomic E-state index is 0.589. The fraction of sp³-hybridized carbons (Fsp3) is 0.600. The van der Waals surface area contributed by atoms with E-state index >= 15 is 0 Å². The highest BCUT2D eigenvalue weighted by molar-refractivity contribution is 5.22. The third-order valence-electron chi connectivity index (χ3n) is 2.97. The summed E-state index contributed by atoms with van der Waals surface area (Å²) in [6.45, 7) is 11.9. The van der Waals surface area contributed by atoms with Crippen LogP contribution in [0.4, 0.5) is 0 Å². The second-order valence-corrected chi connectivity index (χ2v) is 5.44. The molecule has 2 N–H and O–H groups in total. The lowest BCUT2D eigenvalue weighted by Gasteiger charge is -2.28. The summed E-state index contributed by atoms with van der Waals surface area (Å²) in [6, 6.07) is 9.23. The topological polar surface area (TPSA) is 29.3 Å². The zero-order chi connectivity index (χ0) is 12.8. The summed E-state index contributed by atoms with van der Waals surface area (Å²) >= 11 is 0. The zero-order valence-corrected chi connectivity index (χ0v) is 11.6. The van der Waals surface area contributed by atoms with Crippen molar-refractivity contribution >= 4 is 0 Å². The predicted molar refractivity (Wildman–Crippen MR) is 74.7 cm³/mol. The molecular formula is C15H26N2. The molecule has 0 unspecified atom stereocenters. The molecule has 0 aliphatic carbocycles. The molecule has 2 nitrogen and oxygen atoms in total. The molecule has 0 atom stereocenters. The maximum absolute atomic E-state index is 5.60. The average molecular weight is 234 g/mol. The van der Waals surface area contributed by atoms with Crippen LogP contribution in [0.25, 0.3) is 0 Å². The van der Waals surface area contributed by atoms with E-state index in [1.165, 1.54) is 11.1 Å². The molecule has 0 aliphatic heterocycles. The van der Waals surface area contributed by atoms with Crippen molar-refractivity contribution in [3.05, 3.63) is 35.4 Å². The van der Waals surface area contributed by atoms with E-state index in [-0.39, 0.29) is 0 Å². The van der Waals surface area contributed by atoms with Crippen LogP contribution >= 0.6 is 0 Å². The molecule has 1 aromatic rings. The molecule has 0 aliphatic rings. The van der Waals surface area contributed by atoms with Crippen LogP contribution in [0.1, 0.15) is 38.8 Å². The van der Waals surface area contributed by atoms with Gasteiger partial charge in [-0.1, -0.05) is 38.1 Å². The molecule has 17 heavy (non-hydrogen) atoms. The zero-order valence-electron chi connectivity index (χ0n) is 11.6. The first-order valence-corrected chi connectivity index (χ1v) is 6.55. The standard InChI is InChI=1S/C15H26N2/c1-12(2)10-17(13(3)4)11-15-7-5-14(9-16)6-8-15/h5-8,12-13H,9-11,16H2,1-4H3. The molecular weight excluding hydrogens is 208 g/mol. The molecule has 0 amide bonds. The van der Waals surface area contributed by atoms with E-state index in [0.717, 1.165) is 13.1 Å². The van der Waals surface area contributed by atoms with Crippen LogP contribution in [0.2, 0.25) is 0 Å². The molecule has 1 aromatic carbocycles. The van der Waals surface area contributed by atoms with Gasteiger partial charge < -0.3 is 5.73 Å². The monoisotopic (exact) mass is 234 g/mol. The first-order valence-electron chi connectivity index (χ1n) is 6.55. The highest BCUT2D eigenvalue weighted by atomic mass is 15.1. The van der Waals surface area contributed by atoms with Gasteiger partial charge in [0.15, 0.2) is 0 Å². The Morgan fingerprint density at radius 3 is 1.94 bits per heavy atom. The lowest BCUT2D eigenvalue weighted by atomic mass is 10.1. The Balaban J connectivity index is 2.65. The SMILES string of the molecule is CC(C)CN(Cc1ccc(CN)cc1)C(C)C. The average Bonchev–Trinajstić information content (AvgIpc) is 2.28. The van der Waals surface area contributed by atoms with Crippen LogP contribution < -0.4 is 5.73 Å². The first kappa shape index (κ1) is 14.2. The highest BCUT2D eigenvalue weighted by Gasteiger charge is 2.11. The first-order chi connectivity index (χ1) is 8.02. The molecule has 0 radical (unpaired) electrons. The Hall–Kier alpha value is -0.860. The second-order valence-electron chi connectivity index (χ2n) is 5.44. The van der Waals surface area contributed by atoms with E-state index in [9.17, 15) is 0 Å². The molecule has 0 fully saturated rings. The number of hydrogen-bond donors (Lipinski definition) is 1. The van der Waals surface area contributed by atoms with Crippen molar-refractivity contribution in [2.75, 3.05) is 6.54 Å². The Bertz CT molecular complexity index is 314. The van der Waals surface area contributed by atoms with Crippen molar-refractivity contribution in [2.45, 2.75) is 46.8 Å². The molecule has 0 heterocycles. The van der Waals surface area contributed by atoms with Gasteiger partial charge in [-0.3, -0.25) is 4.90 Å². The minimum absolute atomic E-state index is 0.589. The van der Waals surface area contributed by atoms with Gasteiger partial charge in [-0.2, -0.15) is 0 Å². The van der Waals surface area contributed by atoms with Crippen molar-refractivity contribution in [1.29, 1.82) is 0 Å². The smallest absolute Gasteiger partial charge is 0.0236 e. The van der Waals surface area contributed by atoms with E-state index < -0.39 is 0 Å². The van der Waals surface area contributed by atoms with Gasteiger partial charge in [0.2, 0.25) is 0 Å². The summed E-state index contributed by atoms with van der Waals surface area (Å²) in [5.74, 6) is 0.709. The normalized spacial score (nSPS) is 11.8. The molecule has 0 saturated carbocycles. The van der Waals surface area contributed by atoms with Crippen LogP contribution in [-0.2, 0) is 13.1 Å². The number of nitrogens with zero attached hydrogens (tertiary/aromatic N) is 1. The van der Waals surface area contributed by atoms with Crippen LogP contribution in [0, 0.1) is 5.92 Å². The molecule has 1 rings (SSSR count). The van der Waals surface area contributed by atoms with E-state index in [2.05, 4.69) is 56.9 Å². The van der Waals surface area contributed by atoms with Crippen molar-refractivity contribution in [3.63, 3.8) is 0 Å². The largest absolute Gasteiger partial charge is 0.326 e. The van der Waals surface area contributed by atoms with E-state index in [1.54, 1.807) is 0 Å². The molecule has 96 valence electrons. The summed E-state index contributed by atoms with van der Waals surface area (Å²) < 4.78 is 0. The molecule has 0 aromatic heterocycles. The molecule has 2 heteroatoms. The third-order valence-corrected chi connectivity index (χ3v) is 2.97. The Morgan fingerprint density at radius 1 is 1.00 bits per heavy atom. The number of nitrogens with two attached hydrogens (primary N) is 1. The lowest BCUT2D eigenvalue weighted by molar-refractivity contribution is 0.189. The van der Waals surface area contributed by atoms with Gasteiger partial charge >= 0.3 is 0 Å². The van der Waals surface area contributed by atoms with Crippen molar-refractivity contribution in [3.8, 4) is 0 Å². The Morgan fingerprint density at radius 2 is 1.53 bits per heavy atom. The summed E-state index contributed by atoms with van der Waals surface area (Å²) in [6.07, 6.45) is 0. The van der Waals surface area contributed by atoms with Crippen LogP contribution in [-0.4, -0.2) is 17.5 Å². The molecule has 0 saturated heterocycles. The third kappa shape index (κ3) is 4.88. The van der Waals surface area contributed by atoms with Crippen molar-refractivity contribution in [2.24, 2.45) is 11.7 Å². The highest BCUT2D eigenvalue weighted by Crippen LogP contribution is 2.12. The van der Waals surface area contributed by atoms with Crippen LogP contribution in [0.3, 0.4) is 0 Å². The maximum atomic E-state index is 5.60. The fourth-order valence-electron chi connectivity index (χ4n) is 1.94. The fourth-order valence-corrected chi connectivity index (χ4v) is 1.94. The number of rotatable bonds is 6. The van der Waals surface area contributed by atoms with E-state index in [1.807, 2.05) is 0 Å². The van der Waals surface area contributed by atoms with Crippen molar-refractivity contribution < 1.29 is 0 Å². The van der Waals surface area contributed by atoms with Gasteiger partial charge in [0.1, 0.15) is 0 Å². The van der Waals surface area contributed by atoms with Gasteiger partial charge in [-0.05, 0) is 30.9 Å². The Labute approximate surface area is 106 Å². The maximum Gasteiger partial charge on any atom is 0.0236 e. The van der Waals surface area contributed by atoms with E-state index in [0.29, 0.717) is 18.5 Å². The second kappa shape index (κ2) is 6.77. The summed E-state index contributed by atoms with van der Waals surface area (Å²) in [5, 5.41) is 0. The van der Waals surface area contributed by atoms with Gasteiger partial charge in [-0.25, -0.2) is 0 Å². The summed E-state index contributed by atoms with van der Waals surface area (Å²) in [5.41, 5.74) is 8.18. The minimum Gasteiger partial charge on any atom is -0.326 e. The van der Waals surface area contributed by atoms with Gasteiger partial charge in [0, 0.05) is 25.7 Å². The van der Waals surface area contributed by atoms with Crippen LogP contribution in [0.5, 0.6) is 0 Å². The van der Waals surface area contributed by atoms with E-state index in [4.69, 9.17) is 5.73 Å².